The summed E-state index contributed by atoms with van der Waals surface area (Å²) < 4.78 is 0. The van der Waals surface area contributed by atoms with Gasteiger partial charge in [-0.2, -0.15) is 0 Å². The average molecular weight is 194 g/mol. The summed E-state index contributed by atoms with van der Waals surface area (Å²) in [5, 5.41) is 0. The molecule has 0 aromatic carbocycles. The molecule has 1 amide bonds. The van der Waals surface area contributed by atoms with Crippen molar-refractivity contribution in [2.24, 2.45) is 11.7 Å². The molecule has 78 valence electrons. The van der Waals surface area contributed by atoms with Gasteiger partial charge in [-0.15, -0.1) is 12.3 Å². The number of rotatable bonds is 4. The van der Waals surface area contributed by atoms with Crippen LogP contribution in [-0.4, -0.2) is 30.4 Å². The van der Waals surface area contributed by atoms with E-state index in [1.807, 2.05) is 0 Å². The maximum atomic E-state index is 11.0. The molecule has 1 unspecified atom stereocenters. The molecule has 0 aromatic heterocycles. The number of hydrogen-bond acceptors (Lipinski definition) is 2. The largest absolute Gasteiger partial charge is 0.369 e. The van der Waals surface area contributed by atoms with Crippen LogP contribution in [0.4, 0.5) is 0 Å². The Morgan fingerprint density at radius 2 is 2.43 bits per heavy atom. The maximum Gasteiger partial charge on any atom is 0.221 e. The van der Waals surface area contributed by atoms with Crippen molar-refractivity contribution in [2.75, 3.05) is 19.6 Å². The van der Waals surface area contributed by atoms with Gasteiger partial charge >= 0.3 is 0 Å². The van der Waals surface area contributed by atoms with E-state index >= 15 is 0 Å². The number of carbonyl (C=O) groups excluding carboxylic acids is 1. The smallest absolute Gasteiger partial charge is 0.221 e. The van der Waals surface area contributed by atoms with Gasteiger partial charge in [0.05, 0.1) is 5.92 Å². The van der Waals surface area contributed by atoms with E-state index in [9.17, 15) is 4.79 Å². The van der Waals surface area contributed by atoms with Crippen molar-refractivity contribution in [3.8, 4) is 12.3 Å². The second-order valence-corrected chi connectivity index (χ2v) is 3.85. The summed E-state index contributed by atoms with van der Waals surface area (Å²) in [4.78, 5) is 13.3. The first kappa shape index (κ1) is 11.1. The van der Waals surface area contributed by atoms with E-state index in [0.717, 1.165) is 45.3 Å². The molecule has 0 radical (unpaired) electrons. The van der Waals surface area contributed by atoms with Crippen LogP contribution in [0.15, 0.2) is 0 Å². The first-order valence-electron chi connectivity index (χ1n) is 5.19. The van der Waals surface area contributed by atoms with Crippen LogP contribution in [0.3, 0.4) is 0 Å². The molecule has 0 spiro atoms. The second kappa shape index (κ2) is 5.66. The summed E-state index contributed by atoms with van der Waals surface area (Å²) in [5.74, 6) is 2.51. The summed E-state index contributed by atoms with van der Waals surface area (Å²) in [6.45, 7) is 2.89. The Labute approximate surface area is 85.6 Å². The SMILES string of the molecule is C#CCCCN1CCCC(C(N)=O)C1. The van der Waals surface area contributed by atoms with Crippen molar-refractivity contribution in [3.63, 3.8) is 0 Å². The Bertz CT molecular complexity index is 232. The lowest BCUT2D eigenvalue weighted by Gasteiger charge is -2.30. The van der Waals surface area contributed by atoms with Crippen LogP contribution in [0, 0.1) is 18.3 Å². The van der Waals surface area contributed by atoms with Crippen LogP contribution in [0.25, 0.3) is 0 Å². The molecule has 1 rings (SSSR count). The van der Waals surface area contributed by atoms with Gasteiger partial charge in [-0.1, -0.05) is 0 Å². The quantitative estimate of drug-likeness (QED) is 0.526. The van der Waals surface area contributed by atoms with Crippen molar-refractivity contribution in [1.29, 1.82) is 0 Å². The number of nitrogens with two attached hydrogens (primary N) is 1. The van der Waals surface area contributed by atoms with E-state index in [0.29, 0.717) is 0 Å². The number of nitrogens with zero attached hydrogens (tertiary/aromatic N) is 1. The molecule has 0 saturated carbocycles. The molecule has 14 heavy (non-hydrogen) atoms. The Balaban J connectivity index is 2.26. The molecular formula is C11H18N2O. The highest BCUT2D eigenvalue weighted by Crippen LogP contribution is 2.16. The second-order valence-electron chi connectivity index (χ2n) is 3.85. The minimum Gasteiger partial charge on any atom is -0.369 e. The van der Waals surface area contributed by atoms with Gasteiger partial charge in [0.25, 0.3) is 0 Å². The van der Waals surface area contributed by atoms with E-state index < -0.39 is 0 Å². The monoisotopic (exact) mass is 194 g/mol. The van der Waals surface area contributed by atoms with Gasteiger partial charge in [-0.25, -0.2) is 0 Å². The number of primary amides is 1. The lowest BCUT2D eigenvalue weighted by atomic mass is 9.97. The van der Waals surface area contributed by atoms with Crippen LogP contribution in [-0.2, 0) is 4.79 Å². The maximum absolute atomic E-state index is 11.0. The molecule has 3 nitrogen and oxygen atoms in total. The summed E-state index contributed by atoms with van der Waals surface area (Å²) in [5.41, 5.74) is 5.29. The van der Waals surface area contributed by atoms with Gasteiger partial charge in [0.2, 0.25) is 5.91 Å². The van der Waals surface area contributed by atoms with Gasteiger partial charge in [0.1, 0.15) is 0 Å². The molecule has 1 aliphatic heterocycles. The molecular weight excluding hydrogens is 176 g/mol. The predicted octanol–water partition coefficient (Wildman–Crippen LogP) is 0.597. The van der Waals surface area contributed by atoms with Gasteiger partial charge in [-0.05, 0) is 32.4 Å². The van der Waals surface area contributed by atoms with E-state index in [-0.39, 0.29) is 11.8 Å². The standard InChI is InChI=1S/C11H18N2O/c1-2-3-4-7-13-8-5-6-10(9-13)11(12)14/h1,10H,3-9H2,(H2,12,14). The molecule has 1 aliphatic rings. The van der Waals surface area contributed by atoms with Gasteiger partial charge in [0.15, 0.2) is 0 Å². The lowest BCUT2D eigenvalue weighted by Crippen LogP contribution is -2.41. The number of unbranched alkanes of at least 4 members (excludes halogenated alkanes) is 1. The number of carbonyl (C=O) groups is 1. The average Bonchev–Trinajstić information content (AvgIpc) is 2.19. The van der Waals surface area contributed by atoms with Crippen molar-refractivity contribution >= 4 is 5.91 Å². The van der Waals surface area contributed by atoms with Crippen molar-refractivity contribution in [1.82, 2.24) is 4.90 Å². The van der Waals surface area contributed by atoms with Crippen LogP contribution in [0.2, 0.25) is 0 Å². The first-order chi connectivity index (χ1) is 6.74. The summed E-state index contributed by atoms with van der Waals surface area (Å²) in [6.07, 6.45) is 9.03. The third-order valence-corrected chi connectivity index (χ3v) is 2.70. The highest BCUT2D eigenvalue weighted by atomic mass is 16.1. The van der Waals surface area contributed by atoms with Crippen LogP contribution in [0.1, 0.15) is 25.7 Å². The van der Waals surface area contributed by atoms with Crippen LogP contribution >= 0.6 is 0 Å². The van der Waals surface area contributed by atoms with E-state index in [1.54, 1.807) is 0 Å². The van der Waals surface area contributed by atoms with Crippen molar-refractivity contribution in [2.45, 2.75) is 25.7 Å². The minimum atomic E-state index is -0.161. The van der Waals surface area contributed by atoms with Gasteiger partial charge < -0.3 is 10.6 Å². The third-order valence-electron chi connectivity index (χ3n) is 2.70. The molecule has 0 aliphatic carbocycles. The minimum absolute atomic E-state index is 0.0505. The first-order valence-corrected chi connectivity index (χ1v) is 5.19. The Morgan fingerprint density at radius 3 is 3.07 bits per heavy atom. The Hall–Kier alpha value is -1.01. The normalized spacial score (nSPS) is 22.9. The van der Waals surface area contributed by atoms with Gasteiger partial charge in [0, 0.05) is 13.0 Å². The molecule has 1 heterocycles. The van der Waals surface area contributed by atoms with Crippen LogP contribution < -0.4 is 5.73 Å². The summed E-state index contributed by atoms with van der Waals surface area (Å²) >= 11 is 0. The highest BCUT2D eigenvalue weighted by Gasteiger charge is 2.23. The van der Waals surface area contributed by atoms with Crippen LogP contribution in [0.5, 0.6) is 0 Å². The predicted molar refractivity (Wildman–Crippen MR) is 56.4 cm³/mol. The zero-order valence-electron chi connectivity index (χ0n) is 8.54. The molecule has 1 atom stereocenters. The summed E-state index contributed by atoms with van der Waals surface area (Å²) in [6, 6.07) is 0. The van der Waals surface area contributed by atoms with Crippen molar-refractivity contribution < 1.29 is 4.79 Å². The fraction of sp³-hybridized carbons (Fsp3) is 0.727. The third kappa shape index (κ3) is 3.39. The fourth-order valence-corrected chi connectivity index (χ4v) is 1.90. The zero-order chi connectivity index (χ0) is 10.4. The Morgan fingerprint density at radius 1 is 1.64 bits per heavy atom. The number of piperidine rings is 1. The molecule has 0 aromatic rings. The fourth-order valence-electron chi connectivity index (χ4n) is 1.90. The molecule has 1 fully saturated rings. The zero-order valence-corrected chi connectivity index (χ0v) is 8.54. The molecule has 0 bridgehead atoms. The van der Waals surface area contributed by atoms with Crippen molar-refractivity contribution in [3.05, 3.63) is 0 Å². The molecule has 3 heteroatoms. The Kier molecular flexibility index (Phi) is 4.48. The number of likely N-dealkylation sites (tertiary alicyclic amines) is 1. The number of hydrogen-bond donors (Lipinski definition) is 1. The highest BCUT2D eigenvalue weighted by molar-refractivity contribution is 5.76. The lowest BCUT2D eigenvalue weighted by molar-refractivity contribution is -0.123. The number of amides is 1. The van der Waals surface area contributed by atoms with Gasteiger partial charge in [-0.3, -0.25) is 4.79 Å². The van der Waals surface area contributed by atoms with E-state index in [4.69, 9.17) is 12.2 Å². The van der Waals surface area contributed by atoms with E-state index in [1.165, 1.54) is 0 Å². The molecule has 1 saturated heterocycles. The molecule has 2 N–H and O–H groups in total. The number of terminal acetylenes is 1. The topological polar surface area (TPSA) is 46.3 Å². The summed E-state index contributed by atoms with van der Waals surface area (Å²) in [7, 11) is 0. The van der Waals surface area contributed by atoms with E-state index in [2.05, 4.69) is 10.8 Å².